The zero-order valence-corrected chi connectivity index (χ0v) is 8.77. The standard InChI is InChI=1S/C8H12N4S/c1-4-12-7-6(9-8(12)13)5(2)10-11(7)3/h4H2,1-3H3,(H,9,13). The van der Waals surface area contributed by atoms with Gasteiger partial charge in [0.25, 0.3) is 0 Å². The lowest BCUT2D eigenvalue weighted by atomic mass is 10.4. The van der Waals surface area contributed by atoms with Gasteiger partial charge < -0.3 is 9.55 Å². The highest BCUT2D eigenvalue weighted by molar-refractivity contribution is 7.71. The van der Waals surface area contributed by atoms with Crippen molar-refractivity contribution in [3.8, 4) is 0 Å². The van der Waals surface area contributed by atoms with Gasteiger partial charge in [-0.2, -0.15) is 5.10 Å². The molecule has 0 aromatic carbocycles. The summed E-state index contributed by atoms with van der Waals surface area (Å²) >= 11 is 5.19. The third-order valence-corrected chi connectivity index (χ3v) is 2.56. The maximum atomic E-state index is 5.19. The van der Waals surface area contributed by atoms with E-state index in [2.05, 4.69) is 17.0 Å². The molecule has 0 radical (unpaired) electrons. The Morgan fingerprint density at radius 3 is 2.85 bits per heavy atom. The highest BCUT2D eigenvalue weighted by Crippen LogP contribution is 2.16. The van der Waals surface area contributed by atoms with Gasteiger partial charge in [-0.1, -0.05) is 0 Å². The molecule has 2 aromatic heterocycles. The molecule has 0 bridgehead atoms. The third kappa shape index (κ3) is 1.03. The van der Waals surface area contributed by atoms with Crippen molar-refractivity contribution in [2.45, 2.75) is 20.4 Å². The predicted molar refractivity (Wildman–Crippen MR) is 54.3 cm³/mol. The van der Waals surface area contributed by atoms with Crippen molar-refractivity contribution in [3.05, 3.63) is 10.5 Å². The molecule has 5 heteroatoms. The fraction of sp³-hybridized carbons (Fsp3) is 0.500. The fourth-order valence-electron chi connectivity index (χ4n) is 1.67. The summed E-state index contributed by atoms with van der Waals surface area (Å²) in [6.45, 7) is 4.93. The van der Waals surface area contributed by atoms with Crippen molar-refractivity contribution in [2.24, 2.45) is 7.05 Å². The number of hydrogen-bond acceptors (Lipinski definition) is 2. The van der Waals surface area contributed by atoms with E-state index in [1.54, 1.807) is 0 Å². The Bertz CT molecular complexity index is 502. The Labute approximate surface area is 81.2 Å². The van der Waals surface area contributed by atoms with Gasteiger partial charge in [-0.15, -0.1) is 0 Å². The van der Waals surface area contributed by atoms with Crippen LogP contribution in [0.3, 0.4) is 0 Å². The van der Waals surface area contributed by atoms with E-state index in [-0.39, 0.29) is 0 Å². The summed E-state index contributed by atoms with van der Waals surface area (Å²) in [7, 11) is 1.93. The summed E-state index contributed by atoms with van der Waals surface area (Å²) < 4.78 is 4.68. The van der Waals surface area contributed by atoms with Crippen LogP contribution >= 0.6 is 12.2 Å². The van der Waals surface area contributed by atoms with Gasteiger partial charge in [-0.05, 0) is 26.1 Å². The molecule has 4 nitrogen and oxygen atoms in total. The Balaban J connectivity index is 2.97. The smallest absolute Gasteiger partial charge is 0.179 e. The molecule has 0 saturated carbocycles. The number of aromatic nitrogens is 4. The molecule has 0 aliphatic heterocycles. The summed E-state index contributed by atoms with van der Waals surface area (Å²) in [6.07, 6.45) is 0. The van der Waals surface area contributed by atoms with Crippen molar-refractivity contribution < 1.29 is 0 Å². The van der Waals surface area contributed by atoms with Crippen LogP contribution in [-0.4, -0.2) is 19.3 Å². The molecule has 0 saturated heterocycles. The minimum atomic E-state index is 0.772. The second-order valence-corrected chi connectivity index (χ2v) is 3.47. The van der Waals surface area contributed by atoms with E-state index in [1.807, 2.05) is 23.2 Å². The molecule has 1 N–H and O–H groups in total. The first-order chi connectivity index (χ1) is 6.15. The number of nitrogens with one attached hydrogen (secondary N) is 1. The van der Waals surface area contributed by atoms with Gasteiger partial charge in [0.15, 0.2) is 10.4 Å². The largest absolute Gasteiger partial charge is 0.328 e. The van der Waals surface area contributed by atoms with Crippen molar-refractivity contribution in [3.63, 3.8) is 0 Å². The molecule has 2 aromatic rings. The molecule has 2 rings (SSSR count). The SMILES string of the molecule is CCn1c(=S)[nH]c2c(C)nn(C)c21. The summed E-state index contributed by atoms with van der Waals surface area (Å²) in [4.78, 5) is 3.16. The molecule has 70 valence electrons. The van der Waals surface area contributed by atoms with E-state index in [9.17, 15) is 0 Å². The first kappa shape index (κ1) is 8.50. The average molecular weight is 196 g/mol. The zero-order chi connectivity index (χ0) is 9.59. The minimum absolute atomic E-state index is 0.772. The molecule has 0 aliphatic carbocycles. The van der Waals surface area contributed by atoms with E-state index < -0.39 is 0 Å². The van der Waals surface area contributed by atoms with Gasteiger partial charge in [0, 0.05) is 13.6 Å². The second kappa shape index (κ2) is 2.70. The van der Waals surface area contributed by atoms with E-state index in [0.29, 0.717) is 0 Å². The van der Waals surface area contributed by atoms with Crippen molar-refractivity contribution >= 4 is 23.4 Å². The van der Waals surface area contributed by atoms with Gasteiger partial charge in [-0.3, -0.25) is 4.68 Å². The number of rotatable bonds is 1. The summed E-state index contributed by atoms with van der Waals surface area (Å²) in [6, 6.07) is 0. The van der Waals surface area contributed by atoms with Crippen LogP contribution in [0, 0.1) is 11.7 Å². The summed E-state index contributed by atoms with van der Waals surface area (Å²) in [5.41, 5.74) is 3.12. The first-order valence-corrected chi connectivity index (χ1v) is 4.68. The van der Waals surface area contributed by atoms with Crippen molar-refractivity contribution in [2.75, 3.05) is 0 Å². The average Bonchev–Trinajstić information content (AvgIpc) is 2.52. The van der Waals surface area contributed by atoms with Crippen LogP contribution in [-0.2, 0) is 13.6 Å². The van der Waals surface area contributed by atoms with Gasteiger partial charge >= 0.3 is 0 Å². The second-order valence-electron chi connectivity index (χ2n) is 3.08. The van der Waals surface area contributed by atoms with Crippen LogP contribution in [0.25, 0.3) is 11.2 Å². The molecule has 0 unspecified atom stereocenters. The highest BCUT2D eigenvalue weighted by atomic mass is 32.1. The molecule has 13 heavy (non-hydrogen) atoms. The van der Waals surface area contributed by atoms with Crippen LogP contribution in [0.4, 0.5) is 0 Å². The van der Waals surface area contributed by atoms with E-state index >= 15 is 0 Å². The molecule has 0 fully saturated rings. The number of hydrogen-bond donors (Lipinski definition) is 1. The molecular formula is C8H12N4S. The Kier molecular flexibility index (Phi) is 1.76. The van der Waals surface area contributed by atoms with Crippen LogP contribution in [0.2, 0.25) is 0 Å². The molecule has 0 spiro atoms. The molecule has 2 heterocycles. The molecule has 0 amide bonds. The monoisotopic (exact) mass is 196 g/mol. The molecular weight excluding hydrogens is 184 g/mol. The normalized spacial score (nSPS) is 11.3. The van der Waals surface area contributed by atoms with Gasteiger partial charge in [0.05, 0.1) is 5.69 Å². The van der Waals surface area contributed by atoms with Gasteiger partial charge in [-0.25, -0.2) is 0 Å². The maximum absolute atomic E-state index is 5.19. The molecule has 0 aliphatic rings. The number of aryl methyl sites for hydroxylation is 3. The summed E-state index contributed by atoms with van der Waals surface area (Å²) in [5, 5.41) is 4.32. The van der Waals surface area contributed by atoms with Crippen molar-refractivity contribution in [1.29, 1.82) is 0 Å². The topological polar surface area (TPSA) is 38.5 Å². The maximum Gasteiger partial charge on any atom is 0.179 e. The van der Waals surface area contributed by atoms with Crippen LogP contribution in [0.15, 0.2) is 0 Å². The Hall–Kier alpha value is -1.10. The van der Waals surface area contributed by atoms with Crippen LogP contribution in [0.1, 0.15) is 12.6 Å². The van der Waals surface area contributed by atoms with Crippen LogP contribution in [0.5, 0.6) is 0 Å². The van der Waals surface area contributed by atoms with Crippen molar-refractivity contribution in [1.82, 2.24) is 19.3 Å². The fourth-order valence-corrected chi connectivity index (χ4v) is 1.98. The predicted octanol–water partition coefficient (Wildman–Crippen LogP) is 1.76. The number of imidazole rings is 1. The Morgan fingerprint density at radius 1 is 1.54 bits per heavy atom. The number of aromatic amines is 1. The lowest BCUT2D eigenvalue weighted by Gasteiger charge is -1.98. The number of H-pyrrole nitrogens is 1. The highest BCUT2D eigenvalue weighted by Gasteiger charge is 2.10. The number of nitrogens with zero attached hydrogens (tertiary/aromatic N) is 3. The zero-order valence-electron chi connectivity index (χ0n) is 7.96. The molecule has 0 atom stereocenters. The Morgan fingerprint density at radius 2 is 2.23 bits per heavy atom. The van der Waals surface area contributed by atoms with E-state index in [0.717, 1.165) is 28.2 Å². The summed E-state index contributed by atoms with van der Waals surface area (Å²) in [5.74, 6) is 0. The quantitative estimate of drug-likeness (QED) is 0.706. The minimum Gasteiger partial charge on any atom is -0.328 e. The van der Waals surface area contributed by atoms with Gasteiger partial charge in [0.1, 0.15) is 5.52 Å². The third-order valence-electron chi connectivity index (χ3n) is 2.24. The lowest BCUT2D eigenvalue weighted by molar-refractivity contribution is 0.700. The van der Waals surface area contributed by atoms with Crippen LogP contribution < -0.4 is 0 Å². The van der Waals surface area contributed by atoms with E-state index in [4.69, 9.17) is 12.2 Å². The first-order valence-electron chi connectivity index (χ1n) is 4.27. The van der Waals surface area contributed by atoms with E-state index in [1.165, 1.54) is 0 Å². The lowest BCUT2D eigenvalue weighted by Crippen LogP contribution is -2.00. The van der Waals surface area contributed by atoms with Gasteiger partial charge in [0.2, 0.25) is 0 Å². The number of fused-ring (bicyclic) bond motifs is 1.